The summed E-state index contributed by atoms with van der Waals surface area (Å²) in [6, 6.07) is 96.5. The highest BCUT2D eigenvalue weighted by atomic mass is 15.2. The molecule has 0 saturated heterocycles. The van der Waals surface area contributed by atoms with Crippen LogP contribution in [0.25, 0.3) is 78.5 Å². The molecule has 0 heterocycles. The number of rotatable bonds is 11. The molecule has 0 bridgehead atoms. The zero-order chi connectivity index (χ0) is 46.6. The van der Waals surface area contributed by atoms with E-state index in [1.54, 1.807) is 0 Å². The van der Waals surface area contributed by atoms with Crippen molar-refractivity contribution in [2.24, 2.45) is 0 Å². The van der Waals surface area contributed by atoms with Gasteiger partial charge in [0.05, 0.1) is 11.4 Å². The number of nitrogens with zero attached hydrogens (tertiary/aromatic N) is 2. The highest BCUT2D eigenvalue weighted by molar-refractivity contribution is 6.30. The number of anilines is 6. The topological polar surface area (TPSA) is 6.48 Å². The second kappa shape index (κ2) is 18.8. The highest BCUT2D eigenvalue weighted by Crippen LogP contribution is 2.53. The molecule has 0 fully saturated rings. The predicted molar refractivity (Wildman–Crippen MR) is 302 cm³/mol. The van der Waals surface area contributed by atoms with Gasteiger partial charge in [0, 0.05) is 44.3 Å². The fraction of sp³-hybridized carbons (Fsp3) is 0. The maximum atomic E-state index is 2.44. The third-order valence-electron chi connectivity index (χ3n) is 13.4. The molecular weight excluding hydrogens is 845 g/mol. The molecular formula is C68H48N2. The molecule has 0 unspecified atom stereocenters. The summed E-state index contributed by atoms with van der Waals surface area (Å²) < 4.78 is 0. The van der Waals surface area contributed by atoms with E-state index in [1.807, 2.05) is 0 Å². The number of benzene rings is 12. The van der Waals surface area contributed by atoms with Crippen molar-refractivity contribution < 1.29 is 0 Å². The fourth-order valence-corrected chi connectivity index (χ4v) is 10.2. The van der Waals surface area contributed by atoms with Crippen LogP contribution in [0.5, 0.6) is 0 Å². The highest BCUT2D eigenvalue weighted by Gasteiger charge is 2.26. The summed E-state index contributed by atoms with van der Waals surface area (Å²) in [6.45, 7) is 0. The summed E-state index contributed by atoms with van der Waals surface area (Å²) in [5.41, 5.74) is 13.8. The SMILES string of the molecule is C(=Cc1ccc(N(c2ccccc2)c2c3ccccc3c(-c3c4ccccc4c(N(c4ccccc4)c4ccc(C=Cc5ccccc5)cc4)c4ccccc34)c3ccccc23)cc1)c1ccccc1. The van der Waals surface area contributed by atoms with Crippen molar-refractivity contribution in [1.29, 1.82) is 0 Å². The van der Waals surface area contributed by atoms with Gasteiger partial charge in [-0.1, -0.05) is 243 Å². The number of hydrogen-bond acceptors (Lipinski definition) is 2. The van der Waals surface area contributed by atoms with Crippen molar-refractivity contribution >= 4 is 102 Å². The number of hydrogen-bond donors (Lipinski definition) is 0. The lowest BCUT2D eigenvalue weighted by atomic mass is 9.84. The standard InChI is InChI=1S/C68H48N2/c1-5-21-49(22-6-1)37-39-51-41-45-55(46-42-51)69(53-25-9-3-10-26-53)67-61-33-17-13-29-57(61)65(58-30-14-18-34-62(58)67)66-59-31-15-19-35-63(59)68(64-36-20-16-32-60(64)66)70(54-27-11-4-12-28-54)56-47-43-52(44-48-56)40-38-50-23-7-2-8-24-50/h1-48H. The third-order valence-corrected chi connectivity index (χ3v) is 13.4. The van der Waals surface area contributed by atoms with Gasteiger partial charge in [-0.2, -0.15) is 0 Å². The minimum atomic E-state index is 1.09. The van der Waals surface area contributed by atoms with E-state index in [0.29, 0.717) is 0 Å². The largest absolute Gasteiger partial charge is 0.309 e. The molecule has 0 atom stereocenters. The van der Waals surface area contributed by atoms with Gasteiger partial charge in [0.2, 0.25) is 0 Å². The molecule has 0 spiro atoms. The van der Waals surface area contributed by atoms with Crippen LogP contribution in [0.4, 0.5) is 34.1 Å². The monoisotopic (exact) mass is 892 g/mol. The molecule has 2 heteroatoms. The van der Waals surface area contributed by atoms with Gasteiger partial charge in [-0.25, -0.2) is 0 Å². The maximum absolute atomic E-state index is 2.44. The summed E-state index contributed by atoms with van der Waals surface area (Å²) >= 11 is 0. The lowest BCUT2D eigenvalue weighted by molar-refractivity contribution is 1.31. The van der Waals surface area contributed by atoms with E-state index in [9.17, 15) is 0 Å². The van der Waals surface area contributed by atoms with Crippen LogP contribution in [0.2, 0.25) is 0 Å². The molecule has 0 aliphatic heterocycles. The quantitative estimate of drug-likeness (QED) is 0.0943. The fourth-order valence-electron chi connectivity index (χ4n) is 10.2. The van der Waals surface area contributed by atoms with Crippen LogP contribution < -0.4 is 9.80 Å². The molecule has 2 nitrogen and oxygen atoms in total. The van der Waals surface area contributed by atoms with E-state index in [4.69, 9.17) is 0 Å². The Kier molecular flexibility index (Phi) is 11.3. The summed E-state index contributed by atoms with van der Waals surface area (Å²) in [5.74, 6) is 0. The Labute approximate surface area is 409 Å². The molecule has 0 aromatic heterocycles. The Balaban J connectivity index is 1.07. The molecule has 12 rings (SSSR count). The van der Waals surface area contributed by atoms with Crippen LogP contribution in [0.3, 0.4) is 0 Å². The summed E-state index contributed by atoms with van der Waals surface area (Å²) in [5, 5.41) is 9.50. The average Bonchev–Trinajstić information content (AvgIpc) is 3.44. The van der Waals surface area contributed by atoms with Gasteiger partial charge < -0.3 is 9.80 Å². The van der Waals surface area contributed by atoms with E-state index in [2.05, 4.69) is 301 Å². The first-order valence-corrected chi connectivity index (χ1v) is 24.0. The van der Waals surface area contributed by atoms with Gasteiger partial charge in [0.25, 0.3) is 0 Å². The van der Waals surface area contributed by atoms with E-state index >= 15 is 0 Å². The van der Waals surface area contributed by atoms with Crippen molar-refractivity contribution in [3.05, 3.63) is 289 Å². The lowest BCUT2D eigenvalue weighted by Crippen LogP contribution is -2.12. The molecule has 330 valence electrons. The molecule has 0 saturated carbocycles. The van der Waals surface area contributed by atoms with Gasteiger partial charge in [0.1, 0.15) is 0 Å². The molecule has 0 N–H and O–H groups in total. The van der Waals surface area contributed by atoms with Crippen LogP contribution in [-0.4, -0.2) is 0 Å². The van der Waals surface area contributed by atoms with Gasteiger partial charge >= 0.3 is 0 Å². The Hall–Kier alpha value is -9.24. The first kappa shape index (κ1) is 42.1. The van der Waals surface area contributed by atoms with Crippen molar-refractivity contribution in [1.82, 2.24) is 0 Å². The Morgan fingerprint density at radius 2 is 0.400 bits per heavy atom. The van der Waals surface area contributed by atoms with Crippen LogP contribution in [0.1, 0.15) is 22.3 Å². The Morgan fingerprint density at radius 1 is 0.186 bits per heavy atom. The first-order chi connectivity index (χ1) is 34.8. The summed E-state index contributed by atoms with van der Waals surface area (Å²) in [4.78, 5) is 4.89. The molecule has 70 heavy (non-hydrogen) atoms. The van der Waals surface area contributed by atoms with Crippen LogP contribution in [0, 0.1) is 0 Å². The minimum absolute atomic E-state index is 1.09. The Morgan fingerprint density at radius 3 is 0.686 bits per heavy atom. The zero-order valence-electron chi connectivity index (χ0n) is 38.6. The molecule has 12 aromatic carbocycles. The van der Waals surface area contributed by atoms with Crippen molar-refractivity contribution in [2.45, 2.75) is 0 Å². The second-order valence-corrected chi connectivity index (χ2v) is 17.6. The summed E-state index contributed by atoms with van der Waals surface area (Å²) in [7, 11) is 0. The predicted octanol–water partition coefficient (Wildman–Crippen LogP) is 19.2. The van der Waals surface area contributed by atoms with Gasteiger partial charge in [-0.3, -0.25) is 0 Å². The molecule has 0 amide bonds. The average molecular weight is 893 g/mol. The van der Waals surface area contributed by atoms with Crippen LogP contribution in [-0.2, 0) is 0 Å². The zero-order valence-corrected chi connectivity index (χ0v) is 38.6. The summed E-state index contributed by atoms with van der Waals surface area (Å²) in [6.07, 6.45) is 8.72. The number of fused-ring (bicyclic) bond motifs is 4. The van der Waals surface area contributed by atoms with Gasteiger partial charge in [-0.05, 0) is 103 Å². The van der Waals surface area contributed by atoms with E-state index in [-0.39, 0.29) is 0 Å². The van der Waals surface area contributed by atoms with Crippen molar-refractivity contribution in [2.75, 3.05) is 9.80 Å². The van der Waals surface area contributed by atoms with Crippen molar-refractivity contribution in [3.63, 3.8) is 0 Å². The first-order valence-electron chi connectivity index (χ1n) is 24.0. The second-order valence-electron chi connectivity index (χ2n) is 17.6. The third kappa shape index (κ3) is 7.98. The smallest absolute Gasteiger partial charge is 0.0618 e. The molecule has 0 radical (unpaired) electrons. The van der Waals surface area contributed by atoms with Gasteiger partial charge in [0.15, 0.2) is 0 Å². The van der Waals surface area contributed by atoms with E-state index < -0.39 is 0 Å². The van der Waals surface area contributed by atoms with Crippen LogP contribution in [0.15, 0.2) is 267 Å². The van der Waals surface area contributed by atoms with Crippen LogP contribution >= 0.6 is 0 Å². The normalized spacial score (nSPS) is 11.6. The molecule has 0 aliphatic carbocycles. The van der Waals surface area contributed by atoms with Crippen molar-refractivity contribution in [3.8, 4) is 11.1 Å². The van der Waals surface area contributed by atoms with Gasteiger partial charge in [-0.15, -0.1) is 0 Å². The lowest BCUT2D eigenvalue weighted by Gasteiger charge is -2.31. The molecule has 12 aromatic rings. The maximum Gasteiger partial charge on any atom is 0.0618 e. The van der Waals surface area contributed by atoms with E-state index in [1.165, 1.54) is 65.3 Å². The van der Waals surface area contributed by atoms with E-state index in [0.717, 1.165) is 45.3 Å². The Bertz CT molecular complexity index is 3470. The minimum Gasteiger partial charge on any atom is -0.309 e. The number of para-hydroxylation sites is 2. The molecule has 0 aliphatic rings.